The second-order valence-electron chi connectivity index (χ2n) is 4.24. The van der Waals surface area contributed by atoms with Gasteiger partial charge in [0.15, 0.2) is 0 Å². The van der Waals surface area contributed by atoms with Gasteiger partial charge >= 0.3 is 5.97 Å². The number of rotatable bonds is 3. The molecule has 0 saturated heterocycles. The van der Waals surface area contributed by atoms with E-state index in [1.165, 1.54) is 30.2 Å². The van der Waals surface area contributed by atoms with Crippen LogP contribution in [0.2, 0.25) is 0 Å². The first kappa shape index (κ1) is 13.5. The first-order valence-electron chi connectivity index (χ1n) is 6.05. The van der Waals surface area contributed by atoms with Crippen LogP contribution in [0.15, 0.2) is 58.7 Å². The Bertz CT molecular complexity index is 834. The average molecular weight is 300 g/mol. The monoisotopic (exact) mass is 300 g/mol. The third kappa shape index (κ3) is 2.71. The lowest BCUT2D eigenvalue weighted by molar-refractivity contribution is 0.0692. The predicted molar refractivity (Wildman–Crippen MR) is 77.0 cm³/mol. The van der Waals surface area contributed by atoms with Crippen molar-refractivity contribution in [1.82, 2.24) is 9.97 Å². The van der Waals surface area contributed by atoms with Crippen LogP contribution in [0.4, 0.5) is 4.39 Å². The van der Waals surface area contributed by atoms with Crippen molar-refractivity contribution in [3.63, 3.8) is 0 Å². The number of hydrogen-bond acceptors (Lipinski definition) is 4. The van der Waals surface area contributed by atoms with E-state index < -0.39 is 11.8 Å². The number of benzene rings is 2. The Morgan fingerprint density at radius 2 is 1.95 bits per heavy atom. The molecule has 0 amide bonds. The van der Waals surface area contributed by atoms with Crippen LogP contribution in [0.5, 0.6) is 0 Å². The van der Waals surface area contributed by atoms with Crippen molar-refractivity contribution in [2.24, 2.45) is 0 Å². The Morgan fingerprint density at radius 1 is 1.14 bits per heavy atom. The fraction of sp³-hybridized carbons (Fsp3) is 0. The van der Waals surface area contributed by atoms with E-state index >= 15 is 0 Å². The molecule has 2 aromatic carbocycles. The van der Waals surface area contributed by atoms with Gasteiger partial charge in [-0.15, -0.1) is 0 Å². The summed E-state index contributed by atoms with van der Waals surface area (Å²) in [5.41, 5.74) is 0.691. The van der Waals surface area contributed by atoms with Crippen molar-refractivity contribution in [1.29, 1.82) is 0 Å². The minimum absolute atomic E-state index is 0.0808. The van der Waals surface area contributed by atoms with E-state index in [0.29, 0.717) is 9.92 Å². The summed E-state index contributed by atoms with van der Waals surface area (Å²) in [7, 11) is 0. The first-order chi connectivity index (χ1) is 10.1. The van der Waals surface area contributed by atoms with Crippen LogP contribution >= 0.6 is 11.8 Å². The molecular weight excluding hydrogens is 291 g/mol. The Labute approximate surface area is 123 Å². The molecule has 0 atom stereocenters. The number of aromatic nitrogens is 2. The van der Waals surface area contributed by atoms with Gasteiger partial charge < -0.3 is 5.11 Å². The summed E-state index contributed by atoms with van der Waals surface area (Å²) < 4.78 is 13.2. The predicted octanol–water partition coefficient (Wildman–Crippen LogP) is 3.62. The molecule has 0 fully saturated rings. The molecule has 0 aliphatic heterocycles. The number of hydrogen-bond donors (Lipinski definition) is 1. The molecule has 1 heterocycles. The van der Waals surface area contributed by atoms with E-state index in [1.54, 1.807) is 0 Å². The molecule has 3 aromatic rings. The largest absolute Gasteiger partial charge is 0.478 e. The SMILES string of the molecule is O=C(O)c1cc(F)ccc1Sc1ncnc2ccccc12. The molecule has 0 aliphatic rings. The summed E-state index contributed by atoms with van der Waals surface area (Å²) in [5, 5.41) is 10.6. The van der Waals surface area contributed by atoms with Gasteiger partial charge in [-0.3, -0.25) is 0 Å². The molecule has 1 aromatic heterocycles. The van der Waals surface area contributed by atoms with Crippen molar-refractivity contribution >= 4 is 28.6 Å². The van der Waals surface area contributed by atoms with Crippen LogP contribution in [-0.2, 0) is 0 Å². The van der Waals surface area contributed by atoms with Crippen molar-refractivity contribution in [2.45, 2.75) is 9.92 Å². The fourth-order valence-electron chi connectivity index (χ4n) is 1.92. The van der Waals surface area contributed by atoms with Gasteiger partial charge in [0.2, 0.25) is 0 Å². The van der Waals surface area contributed by atoms with Crippen molar-refractivity contribution < 1.29 is 14.3 Å². The van der Waals surface area contributed by atoms with Gasteiger partial charge in [-0.05, 0) is 24.3 Å². The summed E-state index contributed by atoms with van der Waals surface area (Å²) in [4.78, 5) is 20.0. The van der Waals surface area contributed by atoms with Crippen molar-refractivity contribution in [3.8, 4) is 0 Å². The third-order valence-electron chi connectivity index (χ3n) is 2.88. The van der Waals surface area contributed by atoms with Gasteiger partial charge in [0, 0.05) is 10.3 Å². The lowest BCUT2D eigenvalue weighted by Crippen LogP contribution is -2.00. The molecule has 0 spiro atoms. The van der Waals surface area contributed by atoms with E-state index in [1.807, 2.05) is 24.3 Å². The molecular formula is C15H9FN2O2S. The Morgan fingerprint density at radius 3 is 2.76 bits per heavy atom. The number of halogens is 1. The maximum absolute atomic E-state index is 13.2. The van der Waals surface area contributed by atoms with Crippen molar-refractivity contribution in [3.05, 3.63) is 60.2 Å². The second-order valence-corrected chi connectivity index (χ2v) is 5.27. The summed E-state index contributed by atoms with van der Waals surface area (Å²) in [6.45, 7) is 0. The quantitative estimate of drug-likeness (QED) is 0.748. The minimum Gasteiger partial charge on any atom is -0.478 e. The highest BCUT2D eigenvalue weighted by Gasteiger charge is 2.14. The standard InChI is InChI=1S/C15H9FN2O2S/c16-9-5-6-13(11(7-9)15(19)20)21-14-10-3-1-2-4-12(10)17-8-18-14/h1-8H,(H,19,20). The summed E-state index contributed by atoms with van der Waals surface area (Å²) in [5.74, 6) is -1.75. The van der Waals surface area contributed by atoms with Gasteiger partial charge in [0.1, 0.15) is 17.2 Å². The Balaban J connectivity index is 2.09. The summed E-state index contributed by atoms with van der Waals surface area (Å²) in [6, 6.07) is 11.1. The maximum atomic E-state index is 13.2. The van der Waals surface area contributed by atoms with E-state index in [2.05, 4.69) is 9.97 Å². The van der Waals surface area contributed by atoms with Gasteiger partial charge in [0.25, 0.3) is 0 Å². The summed E-state index contributed by atoms with van der Waals surface area (Å²) >= 11 is 1.18. The third-order valence-corrected chi connectivity index (χ3v) is 3.98. The van der Waals surface area contributed by atoms with Gasteiger partial charge in [0.05, 0.1) is 11.1 Å². The first-order valence-corrected chi connectivity index (χ1v) is 6.87. The van der Waals surface area contributed by atoms with Crippen LogP contribution in [0.1, 0.15) is 10.4 Å². The Hall–Kier alpha value is -2.47. The zero-order valence-corrected chi connectivity index (χ0v) is 11.5. The zero-order valence-electron chi connectivity index (χ0n) is 10.7. The molecule has 0 bridgehead atoms. The van der Waals surface area contributed by atoms with Crippen LogP contribution in [0, 0.1) is 5.82 Å². The fourth-order valence-corrected chi connectivity index (χ4v) is 2.91. The maximum Gasteiger partial charge on any atom is 0.336 e. The van der Waals surface area contributed by atoms with E-state index in [9.17, 15) is 9.18 Å². The van der Waals surface area contributed by atoms with Crippen molar-refractivity contribution in [2.75, 3.05) is 0 Å². The topological polar surface area (TPSA) is 63.1 Å². The van der Waals surface area contributed by atoms with E-state index in [4.69, 9.17) is 5.11 Å². The molecule has 0 radical (unpaired) electrons. The number of carboxylic acids is 1. The molecule has 6 heteroatoms. The highest BCUT2D eigenvalue weighted by Crippen LogP contribution is 2.33. The summed E-state index contributed by atoms with van der Waals surface area (Å²) in [6.07, 6.45) is 1.43. The van der Waals surface area contributed by atoms with E-state index in [0.717, 1.165) is 17.0 Å². The molecule has 1 N–H and O–H groups in total. The lowest BCUT2D eigenvalue weighted by Gasteiger charge is -2.07. The second kappa shape index (κ2) is 5.49. The molecule has 0 aliphatic carbocycles. The van der Waals surface area contributed by atoms with Crippen LogP contribution in [0.3, 0.4) is 0 Å². The van der Waals surface area contributed by atoms with E-state index in [-0.39, 0.29) is 5.56 Å². The lowest BCUT2D eigenvalue weighted by atomic mass is 10.2. The van der Waals surface area contributed by atoms with Gasteiger partial charge in [-0.25, -0.2) is 19.2 Å². The number of carboxylic acid groups (broad SMARTS) is 1. The van der Waals surface area contributed by atoms with Crippen LogP contribution in [-0.4, -0.2) is 21.0 Å². The molecule has 104 valence electrons. The number of nitrogens with zero attached hydrogens (tertiary/aromatic N) is 2. The normalized spacial score (nSPS) is 10.7. The smallest absolute Gasteiger partial charge is 0.336 e. The number of carbonyl (C=O) groups is 1. The zero-order chi connectivity index (χ0) is 14.8. The number of aromatic carboxylic acids is 1. The molecule has 0 saturated carbocycles. The number of fused-ring (bicyclic) bond motifs is 1. The Kier molecular flexibility index (Phi) is 3.53. The van der Waals surface area contributed by atoms with Crippen LogP contribution < -0.4 is 0 Å². The molecule has 3 rings (SSSR count). The minimum atomic E-state index is -1.17. The van der Waals surface area contributed by atoms with Gasteiger partial charge in [-0.2, -0.15) is 0 Å². The number of para-hydroxylation sites is 1. The highest BCUT2D eigenvalue weighted by molar-refractivity contribution is 7.99. The van der Waals surface area contributed by atoms with Crippen LogP contribution in [0.25, 0.3) is 10.9 Å². The molecule has 4 nitrogen and oxygen atoms in total. The molecule has 21 heavy (non-hydrogen) atoms. The highest BCUT2D eigenvalue weighted by atomic mass is 32.2. The molecule has 0 unspecified atom stereocenters. The average Bonchev–Trinajstić information content (AvgIpc) is 2.49. The van der Waals surface area contributed by atoms with Gasteiger partial charge in [-0.1, -0.05) is 30.0 Å².